The molecular weight excluding hydrogens is 693 g/mol. The molecule has 0 amide bonds. The fourth-order valence-corrected chi connectivity index (χ4v) is 13.9. The van der Waals surface area contributed by atoms with E-state index in [9.17, 15) is 4.79 Å². The van der Waals surface area contributed by atoms with Gasteiger partial charge in [-0.25, -0.2) is 0 Å². The average molecular weight is 749 g/mol. The average Bonchev–Trinajstić information content (AvgIpc) is 3.73. The summed E-state index contributed by atoms with van der Waals surface area (Å²) < 4.78 is 26.7. The first-order valence-electron chi connectivity index (χ1n) is 19.3. The summed E-state index contributed by atoms with van der Waals surface area (Å²) in [4.78, 5) is 12.8. The van der Waals surface area contributed by atoms with Gasteiger partial charge in [-0.1, -0.05) is 136 Å². The molecule has 3 aromatic carbocycles. The fraction of sp³-hybridized carbons (Fsp3) is 0.413. The smallest absolute Gasteiger partial charge is 0.305 e. The third-order valence-electron chi connectivity index (χ3n) is 10.8. The SMILES string of the molecule is C=C1C[C@H](OC2CCCCO2)[C@H](CC=CCCCC(=O)OC)[C@H]1C=C[C@@H](O[Si](c1ccccc1)(c1ccccc1)C(C)(C)C)c1cc2ccccc2s1. The minimum absolute atomic E-state index is 0.0142. The molecule has 53 heavy (non-hydrogen) atoms. The van der Waals surface area contributed by atoms with Gasteiger partial charge in [-0.15, -0.1) is 11.3 Å². The summed E-state index contributed by atoms with van der Waals surface area (Å²) in [6.07, 6.45) is 15.6. The van der Waals surface area contributed by atoms with Gasteiger partial charge in [-0.3, -0.25) is 4.79 Å². The molecule has 1 saturated heterocycles. The lowest BCUT2D eigenvalue weighted by Gasteiger charge is -2.44. The highest BCUT2D eigenvalue weighted by Gasteiger charge is 2.51. The molecule has 6 rings (SSSR count). The maximum atomic E-state index is 11.6. The predicted molar refractivity (Wildman–Crippen MR) is 221 cm³/mol. The number of ether oxygens (including phenoxy) is 3. The Morgan fingerprint density at radius 2 is 1.68 bits per heavy atom. The second-order valence-electron chi connectivity index (χ2n) is 15.5. The summed E-state index contributed by atoms with van der Waals surface area (Å²) in [6.45, 7) is 12.4. The van der Waals surface area contributed by atoms with Crippen LogP contribution in [0.1, 0.15) is 83.1 Å². The quantitative estimate of drug-likeness (QED) is 0.0524. The Hall–Kier alpha value is -3.59. The molecule has 1 aromatic heterocycles. The Balaban J connectivity index is 1.37. The van der Waals surface area contributed by atoms with Crippen molar-refractivity contribution < 1.29 is 23.4 Å². The molecule has 0 radical (unpaired) electrons. The van der Waals surface area contributed by atoms with E-state index in [0.29, 0.717) is 6.42 Å². The number of methoxy groups -OCH3 is 1. The van der Waals surface area contributed by atoms with E-state index in [0.717, 1.165) is 51.6 Å². The van der Waals surface area contributed by atoms with Crippen LogP contribution in [0.3, 0.4) is 0 Å². The van der Waals surface area contributed by atoms with Crippen LogP contribution in [0.2, 0.25) is 5.04 Å². The summed E-state index contributed by atoms with van der Waals surface area (Å²) in [5.74, 6) is 0.158. The zero-order valence-electron chi connectivity index (χ0n) is 31.9. The van der Waals surface area contributed by atoms with Crippen LogP contribution < -0.4 is 10.4 Å². The second kappa shape index (κ2) is 18.2. The van der Waals surface area contributed by atoms with Gasteiger partial charge in [0.25, 0.3) is 8.32 Å². The highest BCUT2D eigenvalue weighted by atomic mass is 32.1. The van der Waals surface area contributed by atoms with E-state index < -0.39 is 8.32 Å². The topological polar surface area (TPSA) is 54.0 Å². The van der Waals surface area contributed by atoms with Gasteiger partial charge in [0.2, 0.25) is 0 Å². The molecule has 5 nitrogen and oxygen atoms in total. The molecule has 5 atom stereocenters. The Labute approximate surface area is 321 Å². The molecule has 1 unspecified atom stereocenters. The zero-order valence-corrected chi connectivity index (χ0v) is 33.7. The molecule has 0 bridgehead atoms. The number of carbonyl (C=O) groups is 1. The third kappa shape index (κ3) is 9.38. The molecule has 1 aliphatic carbocycles. The standard InChI is InChI=1S/C46H56O5SSi/c1-34-32-41(50-45-28-18-19-31-49-45)39(25-14-6-7-15-27-44(47)48-5)38(34)29-30-40(43-33-35-20-16-17-26-42(35)52-43)51-53(46(2,3)4,36-21-10-8-11-22-36)37-23-12-9-13-24-37/h6,8-14,16-17,20-24,26,29-30,33,38-41,45H,1,7,15,18-19,25,27-28,31-32H2,2-5H3/t38-,39+,40+,41-,45?/m0/s1. The van der Waals surface area contributed by atoms with Gasteiger partial charge < -0.3 is 18.6 Å². The molecule has 1 aliphatic heterocycles. The summed E-state index contributed by atoms with van der Waals surface area (Å²) >= 11 is 1.82. The van der Waals surface area contributed by atoms with Crippen LogP contribution in [0.25, 0.3) is 10.1 Å². The molecule has 280 valence electrons. The van der Waals surface area contributed by atoms with Gasteiger partial charge in [0.15, 0.2) is 6.29 Å². The number of carbonyl (C=O) groups excluding carboxylic acids is 1. The molecule has 2 fully saturated rings. The summed E-state index contributed by atoms with van der Waals surface area (Å²) in [7, 11) is -1.45. The Bertz CT molecular complexity index is 1760. The van der Waals surface area contributed by atoms with E-state index in [1.807, 2.05) is 11.3 Å². The van der Waals surface area contributed by atoms with Crippen LogP contribution in [0.5, 0.6) is 0 Å². The number of rotatable bonds is 15. The third-order valence-corrected chi connectivity index (χ3v) is 17.0. The molecule has 2 aliphatic rings. The van der Waals surface area contributed by atoms with Crippen molar-refractivity contribution in [3.05, 3.63) is 132 Å². The number of unbranched alkanes of at least 4 members (excludes halogenated alkanes) is 1. The molecule has 1 saturated carbocycles. The number of allylic oxidation sites excluding steroid dienone is 3. The van der Waals surface area contributed by atoms with Crippen molar-refractivity contribution in [1.82, 2.24) is 0 Å². The monoisotopic (exact) mass is 748 g/mol. The van der Waals surface area contributed by atoms with Gasteiger partial charge in [-0.2, -0.15) is 0 Å². The van der Waals surface area contributed by atoms with Crippen LogP contribution >= 0.6 is 11.3 Å². The van der Waals surface area contributed by atoms with Crippen molar-refractivity contribution in [2.45, 2.75) is 95.7 Å². The minimum Gasteiger partial charge on any atom is -0.469 e. The van der Waals surface area contributed by atoms with E-state index >= 15 is 0 Å². The van der Waals surface area contributed by atoms with Gasteiger partial charge in [0, 0.05) is 28.5 Å². The van der Waals surface area contributed by atoms with Crippen LogP contribution in [0.15, 0.2) is 127 Å². The van der Waals surface area contributed by atoms with E-state index in [4.69, 9.17) is 18.6 Å². The largest absolute Gasteiger partial charge is 0.469 e. The Kier molecular flexibility index (Phi) is 13.4. The maximum Gasteiger partial charge on any atom is 0.305 e. The summed E-state index contributed by atoms with van der Waals surface area (Å²) in [6, 6.07) is 32.7. The minimum atomic E-state index is -2.90. The normalized spacial score (nSPS) is 21.8. The molecule has 2 heterocycles. The van der Waals surface area contributed by atoms with Gasteiger partial charge in [-0.05, 0) is 83.8 Å². The number of thiophene rings is 1. The number of benzene rings is 3. The van der Waals surface area contributed by atoms with E-state index in [-0.39, 0.29) is 41.3 Å². The highest BCUT2D eigenvalue weighted by molar-refractivity contribution is 7.19. The van der Waals surface area contributed by atoms with Gasteiger partial charge in [0.1, 0.15) is 0 Å². The van der Waals surface area contributed by atoms with Crippen molar-refractivity contribution in [1.29, 1.82) is 0 Å². The first-order valence-corrected chi connectivity index (χ1v) is 22.0. The number of hydrogen-bond donors (Lipinski definition) is 0. The van der Waals surface area contributed by atoms with Crippen molar-refractivity contribution in [3.8, 4) is 0 Å². The van der Waals surface area contributed by atoms with Crippen LogP contribution in [0, 0.1) is 11.8 Å². The fourth-order valence-electron chi connectivity index (χ4n) is 8.09. The van der Waals surface area contributed by atoms with Crippen LogP contribution in [-0.4, -0.2) is 40.4 Å². The molecular formula is C46H56O5SSi. The first-order chi connectivity index (χ1) is 25.7. The van der Waals surface area contributed by atoms with E-state index in [2.05, 4.69) is 143 Å². The first kappa shape index (κ1) is 39.1. The number of hydrogen-bond acceptors (Lipinski definition) is 6. The Morgan fingerprint density at radius 3 is 2.32 bits per heavy atom. The van der Waals surface area contributed by atoms with Crippen molar-refractivity contribution in [2.75, 3.05) is 13.7 Å². The molecule has 0 spiro atoms. The number of fused-ring (bicyclic) bond motifs is 1. The van der Waals surface area contributed by atoms with Crippen molar-refractivity contribution >= 4 is 46.1 Å². The summed E-state index contributed by atoms with van der Waals surface area (Å²) in [5.41, 5.74) is 1.19. The second-order valence-corrected chi connectivity index (χ2v) is 20.8. The van der Waals surface area contributed by atoms with Crippen molar-refractivity contribution in [2.24, 2.45) is 11.8 Å². The lowest BCUT2D eigenvalue weighted by molar-refractivity contribution is -0.194. The zero-order chi connectivity index (χ0) is 37.3. The lowest BCUT2D eigenvalue weighted by atomic mass is 9.89. The number of esters is 1. The molecule has 0 N–H and O–H groups in total. The van der Waals surface area contributed by atoms with Gasteiger partial charge >= 0.3 is 5.97 Å². The Morgan fingerprint density at radius 1 is 0.981 bits per heavy atom. The van der Waals surface area contributed by atoms with Crippen LogP contribution in [0.4, 0.5) is 0 Å². The molecule has 4 aromatic rings. The van der Waals surface area contributed by atoms with E-state index in [1.165, 1.54) is 38.0 Å². The van der Waals surface area contributed by atoms with Crippen molar-refractivity contribution in [3.63, 3.8) is 0 Å². The van der Waals surface area contributed by atoms with Crippen LogP contribution in [-0.2, 0) is 23.4 Å². The lowest BCUT2D eigenvalue weighted by Crippen LogP contribution is -2.66. The summed E-state index contributed by atoms with van der Waals surface area (Å²) in [5, 5.41) is 3.59. The highest BCUT2D eigenvalue weighted by Crippen LogP contribution is 2.45. The maximum absolute atomic E-state index is 11.6. The van der Waals surface area contributed by atoms with E-state index in [1.54, 1.807) is 0 Å². The van der Waals surface area contributed by atoms with Gasteiger partial charge in [0.05, 0.1) is 19.3 Å². The molecule has 7 heteroatoms. The predicted octanol–water partition coefficient (Wildman–Crippen LogP) is 10.5.